The molecule has 130 valence electrons. The number of carbonyl (C=O) groups excluding carboxylic acids is 2. The first kappa shape index (κ1) is 18.7. The van der Waals surface area contributed by atoms with Gasteiger partial charge in [0.2, 0.25) is 11.0 Å². The normalized spacial score (nSPS) is 10.5. The Morgan fingerprint density at radius 2 is 2.00 bits per heavy atom. The second kappa shape index (κ2) is 8.45. The van der Waals surface area contributed by atoms with Gasteiger partial charge in [0.25, 0.3) is 0 Å². The van der Waals surface area contributed by atoms with Crippen molar-refractivity contribution >= 4 is 56.4 Å². The van der Waals surface area contributed by atoms with Gasteiger partial charge in [-0.15, -0.1) is 21.5 Å². The first-order valence-corrected chi connectivity index (χ1v) is 9.79. The zero-order valence-corrected chi connectivity index (χ0v) is 16.2. The Balaban J connectivity index is 2.03. The van der Waals surface area contributed by atoms with Crippen molar-refractivity contribution in [3.8, 4) is 0 Å². The molecule has 10 heteroatoms. The number of nitrogens with one attached hydrogen (secondary N) is 2. The minimum Gasteiger partial charge on any atom is -0.462 e. The smallest absolute Gasteiger partial charge is 0.341 e. The van der Waals surface area contributed by atoms with Crippen molar-refractivity contribution < 1.29 is 14.3 Å². The molecule has 2 N–H and O–H groups in total. The third-order valence-corrected chi connectivity index (χ3v) is 6.26. The number of carbonyl (C=O) groups is 2. The maximum atomic E-state index is 12.2. The first-order valence-electron chi connectivity index (χ1n) is 7.17. The molecule has 0 aliphatic carbocycles. The fourth-order valence-corrected chi connectivity index (χ4v) is 4.39. The number of aromatic nitrogens is 2. The van der Waals surface area contributed by atoms with E-state index in [1.807, 2.05) is 13.8 Å². The predicted octanol–water partition coefficient (Wildman–Crippen LogP) is 3.17. The van der Waals surface area contributed by atoms with Gasteiger partial charge in [0.05, 0.1) is 17.9 Å². The Kier molecular flexibility index (Phi) is 6.58. The molecular weight excluding hydrogens is 368 g/mol. The molecule has 7 nitrogen and oxygen atoms in total. The zero-order valence-electron chi connectivity index (χ0n) is 13.8. The third kappa shape index (κ3) is 4.46. The minimum atomic E-state index is -0.412. The van der Waals surface area contributed by atoms with Crippen molar-refractivity contribution in [1.29, 1.82) is 0 Å². The molecule has 0 atom stereocenters. The molecule has 0 saturated carbocycles. The van der Waals surface area contributed by atoms with Crippen LogP contribution in [0, 0.1) is 13.8 Å². The minimum absolute atomic E-state index is 0.191. The molecule has 1 amide bonds. The summed E-state index contributed by atoms with van der Waals surface area (Å²) in [6.07, 6.45) is 0. The van der Waals surface area contributed by atoms with E-state index >= 15 is 0 Å². The van der Waals surface area contributed by atoms with Crippen molar-refractivity contribution in [3.05, 3.63) is 16.0 Å². The maximum Gasteiger partial charge on any atom is 0.341 e. The summed E-state index contributed by atoms with van der Waals surface area (Å²) in [6.45, 7) is 5.81. The lowest BCUT2D eigenvalue weighted by atomic mass is 10.1. The van der Waals surface area contributed by atoms with Gasteiger partial charge in [-0.1, -0.05) is 23.1 Å². The highest BCUT2D eigenvalue weighted by molar-refractivity contribution is 8.01. The number of ether oxygens (including phenoxy) is 1. The Labute approximate surface area is 152 Å². The van der Waals surface area contributed by atoms with Crippen LogP contribution in [0.15, 0.2) is 4.34 Å². The molecule has 2 rings (SSSR count). The summed E-state index contributed by atoms with van der Waals surface area (Å²) in [7, 11) is 1.76. The summed E-state index contributed by atoms with van der Waals surface area (Å²) >= 11 is 4.06. The zero-order chi connectivity index (χ0) is 17.7. The lowest BCUT2D eigenvalue weighted by molar-refractivity contribution is -0.113. The van der Waals surface area contributed by atoms with Gasteiger partial charge in [-0.05, 0) is 26.3 Å². The second-order valence-corrected chi connectivity index (χ2v) is 8.09. The number of anilines is 2. The van der Waals surface area contributed by atoms with Gasteiger partial charge in [0.1, 0.15) is 5.00 Å². The van der Waals surface area contributed by atoms with Crippen LogP contribution in [0.5, 0.6) is 0 Å². The molecule has 0 aromatic carbocycles. The van der Waals surface area contributed by atoms with Crippen molar-refractivity contribution in [2.75, 3.05) is 30.0 Å². The standard InChI is InChI=1S/C14H18N4O3S3/c1-5-21-12(20)10-7(2)8(3)23-11(10)16-9(19)6-22-14-18-17-13(15-4)24-14/h5-6H2,1-4H3,(H,15,17)(H,16,19). The molecule has 24 heavy (non-hydrogen) atoms. The monoisotopic (exact) mass is 386 g/mol. The molecule has 0 saturated heterocycles. The van der Waals surface area contributed by atoms with Crippen molar-refractivity contribution in [1.82, 2.24) is 10.2 Å². The molecule has 0 aliphatic heterocycles. The topological polar surface area (TPSA) is 93.2 Å². The molecule has 2 heterocycles. The van der Waals surface area contributed by atoms with E-state index in [4.69, 9.17) is 4.74 Å². The molecule has 2 aromatic heterocycles. The maximum absolute atomic E-state index is 12.2. The van der Waals surface area contributed by atoms with E-state index in [1.165, 1.54) is 34.4 Å². The summed E-state index contributed by atoms with van der Waals surface area (Å²) in [5.74, 6) is -0.422. The fourth-order valence-electron chi connectivity index (χ4n) is 1.82. The number of amides is 1. The van der Waals surface area contributed by atoms with E-state index in [9.17, 15) is 9.59 Å². The van der Waals surface area contributed by atoms with Crippen LogP contribution in [-0.2, 0) is 9.53 Å². The van der Waals surface area contributed by atoms with Crippen LogP contribution in [0.4, 0.5) is 10.1 Å². The second-order valence-electron chi connectivity index (χ2n) is 4.67. The summed E-state index contributed by atoms with van der Waals surface area (Å²) in [6, 6.07) is 0. The summed E-state index contributed by atoms with van der Waals surface area (Å²) in [4.78, 5) is 25.3. The number of nitrogens with zero attached hydrogens (tertiary/aromatic N) is 2. The molecule has 0 radical (unpaired) electrons. The van der Waals surface area contributed by atoms with Crippen molar-refractivity contribution in [3.63, 3.8) is 0 Å². The number of thioether (sulfide) groups is 1. The van der Waals surface area contributed by atoms with Gasteiger partial charge in [-0.25, -0.2) is 4.79 Å². The molecular formula is C14H18N4O3S3. The molecule has 2 aromatic rings. The van der Waals surface area contributed by atoms with E-state index in [0.717, 1.165) is 10.4 Å². The van der Waals surface area contributed by atoms with Gasteiger partial charge in [0, 0.05) is 11.9 Å². The van der Waals surface area contributed by atoms with Crippen molar-refractivity contribution in [2.45, 2.75) is 25.1 Å². The average molecular weight is 387 g/mol. The third-order valence-electron chi connectivity index (χ3n) is 3.06. The molecule has 0 fully saturated rings. The van der Waals surface area contributed by atoms with E-state index in [0.29, 0.717) is 26.6 Å². The fraction of sp³-hybridized carbons (Fsp3) is 0.429. The Morgan fingerprint density at radius 1 is 1.25 bits per heavy atom. The largest absolute Gasteiger partial charge is 0.462 e. The molecule has 0 unspecified atom stereocenters. The van der Waals surface area contributed by atoms with Crippen LogP contribution >= 0.6 is 34.4 Å². The van der Waals surface area contributed by atoms with Crippen LogP contribution in [-0.4, -0.2) is 41.5 Å². The van der Waals surface area contributed by atoms with Crippen LogP contribution in [0.3, 0.4) is 0 Å². The number of aryl methyl sites for hydroxylation is 1. The quantitative estimate of drug-likeness (QED) is 0.557. The first-order chi connectivity index (χ1) is 11.5. The highest BCUT2D eigenvalue weighted by Crippen LogP contribution is 2.33. The van der Waals surface area contributed by atoms with Crippen molar-refractivity contribution in [2.24, 2.45) is 0 Å². The number of thiophene rings is 1. The van der Waals surface area contributed by atoms with Crippen LogP contribution in [0.2, 0.25) is 0 Å². The average Bonchev–Trinajstić information content (AvgIpc) is 3.11. The molecule has 0 aliphatic rings. The van der Waals surface area contributed by atoms with Gasteiger partial charge in [-0.2, -0.15) is 0 Å². The lowest BCUT2D eigenvalue weighted by Crippen LogP contribution is -2.16. The summed E-state index contributed by atoms with van der Waals surface area (Å²) in [5, 5.41) is 14.8. The van der Waals surface area contributed by atoms with E-state index < -0.39 is 5.97 Å². The van der Waals surface area contributed by atoms with Crippen LogP contribution < -0.4 is 10.6 Å². The Bertz CT molecular complexity index is 742. The number of rotatable bonds is 7. The number of hydrogen-bond donors (Lipinski definition) is 2. The number of hydrogen-bond acceptors (Lipinski definition) is 9. The Morgan fingerprint density at radius 3 is 2.62 bits per heavy atom. The molecule has 0 spiro atoms. The van der Waals surface area contributed by atoms with E-state index in [2.05, 4.69) is 20.8 Å². The van der Waals surface area contributed by atoms with Gasteiger partial charge < -0.3 is 15.4 Å². The van der Waals surface area contributed by atoms with Gasteiger partial charge in [-0.3, -0.25) is 4.79 Å². The molecule has 0 bridgehead atoms. The van der Waals surface area contributed by atoms with E-state index in [1.54, 1.807) is 14.0 Å². The Hall–Kier alpha value is -1.65. The lowest BCUT2D eigenvalue weighted by Gasteiger charge is -2.06. The van der Waals surface area contributed by atoms with Crippen LogP contribution in [0.1, 0.15) is 27.7 Å². The highest BCUT2D eigenvalue weighted by Gasteiger charge is 2.22. The van der Waals surface area contributed by atoms with E-state index in [-0.39, 0.29) is 11.7 Å². The van der Waals surface area contributed by atoms with Gasteiger partial charge in [0.15, 0.2) is 4.34 Å². The predicted molar refractivity (Wildman–Crippen MR) is 98.6 cm³/mol. The van der Waals surface area contributed by atoms with Crippen LogP contribution in [0.25, 0.3) is 0 Å². The summed E-state index contributed by atoms with van der Waals surface area (Å²) < 4.78 is 5.78. The highest BCUT2D eigenvalue weighted by atomic mass is 32.2. The SMILES string of the molecule is CCOC(=O)c1c(NC(=O)CSc2nnc(NC)s2)sc(C)c1C. The summed E-state index contributed by atoms with van der Waals surface area (Å²) in [5.41, 5.74) is 1.27. The van der Waals surface area contributed by atoms with Gasteiger partial charge >= 0.3 is 5.97 Å². The number of esters is 1.